The minimum absolute atomic E-state index is 0.276. The fraction of sp³-hybridized carbons (Fsp3) is 0.261. The number of aryl methyl sites for hydroxylation is 1. The molecule has 150 valence electrons. The lowest BCUT2D eigenvalue weighted by molar-refractivity contribution is 0.0956. The van der Waals surface area contributed by atoms with E-state index in [0.717, 1.165) is 46.3 Å². The second-order valence-corrected chi connectivity index (χ2v) is 6.64. The summed E-state index contributed by atoms with van der Waals surface area (Å²) in [5, 5.41) is 4.94. The van der Waals surface area contributed by atoms with Gasteiger partial charge in [0.1, 0.15) is 11.5 Å². The number of nitrogens with zero attached hydrogens (tertiary/aromatic N) is 2. The van der Waals surface area contributed by atoms with Crippen LogP contribution in [-0.2, 0) is 6.42 Å². The highest BCUT2D eigenvalue weighted by molar-refractivity contribution is 6.06. The number of benzene rings is 2. The third-order valence-electron chi connectivity index (χ3n) is 4.70. The van der Waals surface area contributed by atoms with Gasteiger partial charge >= 0.3 is 0 Å². The molecule has 0 unspecified atom stereocenters. The summed E-state index contributed by atoms with van der Waals surface area (Å²) in [4.78, 5) is 17.5. The molecule has 3 rings (SSSR count). The molecule has 1 heterocycles. The van der Waals surface area contributed by atoms with E-state index in [2.05, 4.69) is 22.4 Å². The van der Waals surface area contributed by atoms with Gasteiger partial charge in [-0.05, 0) is 37.6 Å². The van der Waals surface area contributed by atoms with Crippen molar-refractivity contribution in [1.82, 2.24) is 10.4 Å². The highest BCUT2D eigenvalue weighted by atomic mass is 16.5. The van der Waals surface area contributed by atoms with Crippen LogP contribution in [0.3, 0.4) is 0 Å². The van der Waals surface area contributed by atoms with Crippen molar-refractivity contribution in [2.75, 3.05) is 14.2 Å². The van der Waals surface area contributed by atoms with Gasteiger partial charge in [-0.2, -0.15) is 5.10 Å². The quantitative estimate of drug-likeness (QED) is 0.482. The summed E-state index contributed by atoms with van der Waals surface area (Å²) in [5.41, 5.74) is 6.51. The maximum Gasteiger partial charge on any atom is 0.272 e. The largest absolute Gasteiger partial charge is 0.496 e. The van der Waals surface area contributed by atoms with E-state index in [9.17, 15) is 4.79 Å². The first kappa shape index (κ1) is 20.3. The van der Waals surface area contributed by atoms with Crippen molar-refractivity contribution >= 4 is 23.0 Å². The maximum atomic E-state index is 12.8. The predicted molar refractivity (Wildman–Crippen MR) is 115 cm³/mol. The molecule has 29 heavy (non-hydrogen) atoms. The second-order valence-electron chi connectivity index (χ2n) is 6.64. The molecule has 0 saturated carbocycles. The van der Waals surface area contributed by atoms with E-state index in [1.54, 1.807) is 20.4 Å². The predicted octanol–water partition coefficient (Wildman–Crippen LogP) is 4.28. The minimum Gasteiger partial charge on any atom is -0.496 e. The van der Waals surface area contributed by atoms with Crippen LogP contribution in [0, 0.1) is 6.92 Å². The van der Waals surface area contributed by atoms with Gasteiger partial charge in [-0.15, -0.1) is 0 Å². The van der Waals surface area contributed by atoms with Crippen molar-refractivity contribution in [3.05, 3.63) is 64.8 Å². The molecule has 1 N–H and O–H groups in total. The molecular formula is C23H25N3O3. The summed E-state index contributed by atoms with van der Waals surface area (Å²) in [7, 11) is 3.21. The van der Waals surface area contributed by atoms with Crippen molar-refractivity contribution < 1.29 is 14.3 Å². The molecule has 0 radical (unpaired) electrons. The van der Waals surface area contributed by atoms with Crippen molar-refractivity contribution in [1.29, 1.82) is 0 Å². The van der Waals surface area contributed by atoms with E-state index >= 15 is 0 Å². The Balaban J connectivity index is 1.87. The topological polar surface area (TPSA) is 72.8 Å². The van der Waals surface area contributed by atoms with Crippen LogP contribution in [0.2, 0.25) is 0 Å². The summed E-state index contributed by atoms with van der Waals surface area (Å²) in [6.07, 6.45) is 3.34. The average molecular weight is 391 g/mol. The van der Waals surface area contributed by atoms with Gasteiger partial charge < -0.3 is 9.47 Å². The fourth-order valence-corrected chi connectivity index (χ4v) is 3.31. The van der Waals surface area contributed by atoms with Crippen molar-refractivity contribution in [2.24, 2.45) is 5.10 Å². The number of ether oxygens (including phenoxy) is 2. The monoisotopic (exact) mass is 391 g/mol. The Morgan fingerprint density at radius 3 is 2.69 bits per heavy atom. The summed E-state index contributed by atoms with van der Waals surface area (Å²) in [6, 6.07) is 13.1. The third kappa shape index (κ3) is 4.37. The van der Waals surface area contributed by atoms with Crippen molar-refractivity contribution in [3.8, 4) is 11.5 Å². The Kier molecular flexibility index (Phi) is 6.44. The lowest BCUT2D eigenvalue weighted by Crippen LogP contribution is -2.18. The zero-order chi connectivity index (χ0) is 20.8. The van der Waals surface area contributed by atoms with Crippen LogP contribution in [0.5, 0.6) is 11.5 Å². The number of pyridine rings is 1. The average Bonchev–Trinajstić information content (AvgIpc) is 2.73. The molecule has 0 aliphatic heterocycles. The molecule has 0 fully saturated rings. The normalized spacial score (nSPS) is 11.0. The number of para-hydroxylation sites is 1. The molecule has 0 aliphatic rings. The summed E-state index contributed by atoms with van der Waals surface area (Å²) >= 11 is 0. The first-order valence-corrected chi connectivity index (χ1v) is 9.52. The van der Waals surface area contributed by atoms with Crippen molar-refractivity contribution in [3.63, 3.8) is 0 Å². The van der Waals surface area contributed by atoms with Crippen LogP contribution >= 0.6 is 0 Å². The molecule has 1 aromatic heterocycles. The van der Waals surface area contributed by atoms with Crippen LogP contribution in [0.25, 0.3) is 10.9 Å². The number of fused-ring (bicyclic) bond motifs is 1. The van der Waals surface area contributed by atoms with E-state index in [1.165, 1.54) is 0 Å². The minimum atomic E-state index is -0.276. The van der Waals surface area contributed by atoms with Gasteiger partial charge in [0, 0.05) is 22.2 Å². The molecule has 0 atom stereocenters. The summed E-state index contributed by atoms with van der Waals surface area (Å²) in [6.45, 7) is 4.00. The molecule has 3 aromatic rings. The number of hydrogen-bond acceptors (Lipinski definition) is 5. The molecule has 0 spiro atoms. The Labute approximate surface area is 170 Å². The molecule has 1 amide bonds. The van der Waals surface area contributed by atoms with E-state index in [1.807, 2.05) is 49.4 Å². The smallest absolute Gasteiger partial charge is 0.272 e. The van der Waals surface area contributed by atoms with Crippen molar-refractivity contribution in [2.45, 2.75) is 26.7 Å². The van der Waals surface area contributed by atoms with E-state index in [4.69, 9.17) is 9.47 Å². The molecular weight excluding hydrogens is 366 g/mol. The maximum absolute atomic E-state index is 12.8. The molecule has 2 aromatic carbocycles. The molecule has 0 bridgehead atoms. The number of aromatic nitrogens is 1. The molecule has 6 heteroatoms. The van der Waals surface area contributed by atoms with Crippen LogP contribution in [0.15, 0.2) is 47.6 Å². The number of hydrogen-bond donors (Lipinski definition) is 1. The molecule has 0 aliphatic carbocycles. The van der Waals surface area contributed by atoms with Gasteiger partial charge in [0.15, 0.2) is 0 Å². The molecule has 6 nitrogen and oxygen atoms in total. The number of rotatable bonds is 7. The SMILES string of the molecule is CCCc1cc(C(=O)NN=Cc2ccc(OC)c(C)c2OC)c2ccccc2n1. The number of methoxy groups -OCH3 is 2. The van der Waals surface area contributed by atoms with Crippen LogP contribution in [0.4, 0.5) is 0 Å². The first-order valence-electron chi connectivity index (χ1n) is 9.52. The Bertz CT molecular complexity index is 1060. The van der Waals surface area contributed by atoms with Crippen LogP contribution < -0.4 is 14.9 Å². The lowest BCUT2D eigenvalue weighted by atomic mass is 10.1. The van der Waals surface area contributed by atoms with Gasteiger partial charge in [0.25, 0.3) is 5.91 Å². The number of carbonyl (C=O) groups is 1. The number of hydrazone groups is 1. The van der Waals surface area contributed by atoms with E-state index in [0.29, 0.717) is 11.3 Å². The fourth-order valence-electron chi connectivity index (χ4n) is 3.31. The number of carbonyl (C=O) groups excluding carboxylic acids is 1. The van der Waals surface area contributed by atoms with E-state index in [-0.39, 0.29) is 5.91 Å². The van der Waals surface area contributed by atoms with Gasteiger partial charge in [-0.1, -0.05) is 31.5 Å². The molecule has 0 saturated heterocycles. The van der Waals surface area contributed by atoms with Gasteiger partial charge in [0.2, 0.25) is 0 Å². The number of nitrogens with one attached hydrogen (secondary N) is 1. The second kappa shape index (κ2) is 9.19. The highest BCUT2D eigenvalue weighted by Gasteiger charge is 2.13. The standard InChI is InChI=1S/C23H25N3O3/c1-5-8-17-13-19(18-9-6-7-10-20(18)25-17)23(27)26-24-14-16-11-12-21(28-3)15(2)22(16)29-4/h6-7,9-14H,5,8H2,1-4H3,(H,26,27). The van der Waals surface area contributed by atoms with Crippen LogP contribution in [0.1, 0.15) is 40.5 Å². The summed E-state index contributed by atoms with van der Waals surface area (Å²) < 4.78 is 10.8. The lowest BCUT2D eigenvalue weighted by Gasteiger charge is -2.12. The third-order valence-corrected chi connectivity index (χ3v) is 4.70. The van der Waals surface area contributed by atoms with Gasteiger partial charge in [-0.3, -0.25) is 9.78 Å². The summed E-state index contributed by atoms with van der Waals surface area (Å²) in [5.74, 6) is 1.11. The highest BCUT2D eigenvalue weighted by Crippen LogP contribution is 2.30. The zero-order valence-electron chi connectivity index (χ0n) is 17.2. The first-order chi connectivity index (χ1) is 14.1. The van der Waals surface area contributed by atoms with Crippen LogP contribution in [-0.4, -0.2) is 31.3 Å². The Morgan fingerprint density at radius 1 is 1.17 bits per heavy atom. The number of amides is 1. The van der Waals surface area contributed by atoms with Gasteiger partial charge in [0.05, 0.1) is 31.5 Å². The zero-order valence-corrected chi connectivity index (χ0v) is 17.2. The Morgan fingerprint density at radius 2 is 1.97 bits per heavy atom. The Hall–Kier alpha value is -3.41. The van der Waals surface area contributed by atoms with Gasteiger partial charge in [-0.25, -0.2) is 5.43 Å². The van der Waals surface area contributed by atoms with E-state index < -0.39 is 0 Å².